The molecule has 0 atom stereocenters. The van der Waals surface area contributed by atoms with Crippen molar-refractivity contribution in [3.8, 4) is 11.6 Å². The first-order valence-electron chi connectivity index (χ1n) is 9.48. The standard InChI is InChI=1S/C20H20F2N4O2S/c21-15-9-8-13(11-16(15)22)23-18(27)12-29-20-25-24-19(17-7-4-10-28-17)26(20)14-5-2-1-3-6-14/h4,7-11,14H,1-3,5-6,12H2,(H,23,27). The van der Waals surface area contributed by atoms with Crippen LogP contribution in [0.25, 0.3) is 11.6 Å². The molecule has 1 amide bonds. The van der Waals surface area contributed by atoms with Gasteiger partial charge in [0.25, 0.3) is 0 Å². The van der Waals surface area contributed by atoms with Crippen LogP contribution in [0.1, 0.15) is 38.1 Å². The molecule has 0 aliphatic heterocycles. The predicted octanol–water partition coefficient (Wildman–Crippen LogP) is 5.05. The van der Waals surface area contributed by atoms with E-state index in [4.69, 9.17) is 4.42 Å². The van der Waals surface area contributed by atoms with Crippen molar-refractivity contribution in [2.75, 3.05) is 11.1 Å². The molecule has 0 radical (unpaired) electrons. The summed E-state index contributed by atoms with van der Waals surface area (Å²) in [6.07, 6.45) is 7.15. The molecule has 4 rings (SSSR count). The van der Waals surface area contributed by atoms with Gasteiger partial charge in [0.05, 0.1) is 12.0 Å². The number of thioether (sulfide) groups is 1. The lowest BCUT2D eigenvalue weighted by molar-refractivity contribution is -0.113. The van der Waals surface area contributed by atoms with E-state index in [1.807, 2.05) is 6.07 Å². The van der Waals surface area contributed by atoms with Crippen molar-refractivity contribution in [1.82, 2.24) is 14.8 Å². The topological polar surface area (TPSA) is 73.0 Å². The van der Waals surface area contributed by atoms with Crippen molar-refractivity contribution in [3.63, 3.8) is 0 Å². The number of carbonyl (C=O) groups excluding carboxylic acids is 1. The Morgan fingerprint density at radius 1 is 1.17 bits per heavy atom. The summed E-state index contributed by atoms with van der Waals surface area (Å²) >= 11 is 1.26. The van der Waals surface area contributed by atoms with Crippen LogP contribution in [0, 0.1) is 11.6 Å². The summed E-state index contributed by atoms with van der Waals surface area (Å²) in [7, 11) is 0. The van der Waals surface area contributed by atoms with Gasteiger partial charge in [-0.15, -0.1) is 10.2 Å². The molecule has 1 saturated carbocycles. The van der Waals surface area contributed by atoms with Crippen LogP contribution >= 0.6 is 11.8 Å². The number of nitrogens with zero attached hydrogens (tertiary/aromatic N) is 3. The van der Waals surface area contributed by atoms with Gasteiger partial charge in [-0.3, -0.25) is 9.36 Å². The average molecular weight is 418 g/mol. The number of amides is 1. The third-order valence-corrected chi connectivity index (χ3v) is 5.82. The highest BCUT2D eigenvalue weighted by atomic mass is 32.2. The Labute approximate surface area is 170 Å². The minimum absolute atomic E-state index is 0.0714. The largest absolute Gasteiger partial charge is 0.461 e. The third kappa shape index (κ3) is 4.50. The molecule has 1 aromatic carbocycles. The number of aromatic nitrogens is 3. The van der Waals surface area contributed by atoms with Crippen molar-refractivity contribution in [1.29, 1.82) is 0 Å². The van der Waals surface area contributed by atoms with Gasteiger partial charge in [0, 0.05) is 17.8 Å². The third-order valence-electron chi connectivity index (χ3n) is 4.88. The molecular weight excluding hydrogens is 398 g/mol. The van der Waals surface area contributed by atoms with E-state index in [2.05, 4.69) is 20.1 Å². The molecule has 29 heavy (non-hydrogen) atoms. The summed E-state index contributed by atoms with van der Waals surface area (Å²) in [6, 6.07) is 7.16. The lowest BCUT2D eigenvalue weighted by atomic mass is 9.95. The maximum atomic E-state index is 13.3. The molecule has 3 aromatic rings. The van der Waals surface area contributed by atoms with Gasteiger partial charge in [0.1, 0.15) is 0 Å². The Hall–Kier alpha value is -2.68. The second-order valence-corrected chi connectivity index (χ2v) is 7.85. The Bertz CT molecular complexity index is 985. The Morgan fingerprint density at radius 2 is 2.00 bits per heavy atom. The lowest BCUT2D eigenvalue weighted by Crippen LogP contribution is -2.17. The fourth-order valence-electron chi connectivity index (χ4n) is 3.52. The lowest BCUT2D eigenvalue weighted by Gasteiger charge is -2.25. The van der Waals surface area contributed by atoms with E-state index >= 15 is 0 Å². The first-order valence-corrected chi connectivity index (χ1v) is 10.5. The summed E-state index contributed by atoms with van der Waals surface area (Å²) in [5.74, 6) is -0.925. The van der Waals surface area contributed by atoms with Gasteiger partial charge in [-0.25, -0.2) is 8.78 Å². The van der Waals surface area contributed by atoms with E-state index in [0.29, 0.717) is 16.7 Å². The molecule has 0 bridgehead atoms. The minimum Gasteiger partial charge on any atom is -0.461 e. The molecule has 0 spiro atoms. The van der Waals surface area contributed by atoms with Gasteiger partial charge >= 0.3 is 0 Å². The van der Waals surface area contributed by atoms with E-state index in [1.165, 1.54) is 24.2 Å². The number of rotatable bonds is 6. The number of benzene rings is 1. The van der Waals surface area contributed by atoms with Crippen molar-refractivity contribution in [2.24, 2.45) is 0 Å². The van der Waals surface area contributed by atoms with Crippen molar-refractivity contribution in [2.45, 2.75) is 43.3 Å². The number of furan rings is 1. The zero-order valence-corrected chi connectivity index (χ0v) is 16.4. The van der Waals surface area contributed by atoms with E-state index in [-0.39, 0.29) is 23.4 Å². The smallest absolute Gasteiger partial charge is 0.234 e. The maximum Gasteiger partial charge on any atom is 0.234 e. The maximum absolute atomic E-state index is 13.3. The Morgan fingerprint density at radius 3 is 2.72 bits per heavy atom. The SMILES string of the molecule is O=C(CSc1nnc(-c2ccco2)n1C1CCCCC1)Nc1ccc(F)c(F)c1. The van der Waals surface area contributed by atoms with Crippen LogP contribution in [0.15, 0.2) is 46.2 Å². The van der Waals surface area contributed by atoms with E-state index in [9.17, 15) is 13.6 Å². The molecule has 9 heteroatoms. The van der Waals surface area contributed by atoms with Crippen LogP contribution in [0.2, 0.25) is 0 Å². The van der Waals surface area contributed by atoms with E-state index in [1.54, 1.807) is 12.3 Å². The summed E-state index contributed by atoms with van der Waals surface area (Å²) in [6.45, 7) is 0. The Balaban J connectivity index is 1.49. The molecule has 0 saturated heterocycles. The first kappa shape index (κ1) is 19.6. The van der Waals surface area contributed by atoms with E-state index < -0.39 is 11.6 Å². The normalized spacial score (nSPS) is 14.8. The zero-order valence-electron chi connectivity index (χ0n) is 15.6. The highest BCUT2D eigenvalue weighted by molar-refractivity contribution is 7.99. The van der Waals surface area contributed by atoms with Gasteiger partial charge in [-0.05, 0) is 37.1 Å². The summed E-state index contributed by atoms with van der Waals surface area (Å²) in [5.41, 5.74) is 0.208. The van der Waals surface area contributed by atoms with Crippen LogP contribution < -0.4 is 5.32 Å². The van der Waals surface area contributed by atoms with Gasteiger partial charge < -0.3 is 9.73 Å². The minimum atomic E-state index is -1.00. The number of anilines is 1. The average Bonchev–Trinajstić information content (AvgIpc) is 3.39. The number of halogens is 2. The molecule has 152 valence electrons. The molecule has 2 heterocycles. The number of hydrogen-bond donors (Lipinski definition) is 1. The monoisotopic (exact) mass is 418 g/mol. The molecule has 1 aliphatic carbocycles. The zero-order chi connectivity index (χ0) is 20.2. The fraction of sp³-hybridized carbons (Fsp3) is 0.350. The molecule has 1 aliphatic rings. The van der Waals surface area contributed by atoms with Crippen LogP contribution in [-0.4, -0.2) is 26.4 Å². The summed E-state index contributed by atoms with van der Waals surface area (Å²) in [4.78, 5) is 12.3. The molecule has 0 unspecified atom stereocenters. The first-order chi connectivity index (χ1) is 14.1. The second kappa shape index (κ2) is 8.77. The van der Waals surface area contributed by atoms with Crippen molar-refractivity contribution < 1.29 is 18.0 Å². The van der Waals surface area contributed by atoms with Crippen molar-refractivity contribution in [3.05, 3.63) is 48.2 Å². The predicted molar refractivity (Wildman–Crippen MR) is 106 cm³/mol. The second-order valence-electron chi connectivity index (χ2n) is 6.91. The number of hydrogen-bond acceptors (Lipinski definition) is 5. The highest BCUT2D eigenvalue weighted by Gasteiger charge is 2.25. The Kier molecular flexibility index (Phi) is 5.94. The molecule has 2 aromatic heterocycles. The molecule has 1 fully saturated rings. The van der Waals surface area contributed by atoms with Gasteiger partial charge in [-0.2, -0.15) is 0 Å². The molecular formula is C20H20F2N4O2S. The van der Waals surface area contributed by atoms with Crippen LogP contribution in [-0.2, 0) is 4.79 Å². The van der Waals surface area contributed by atoms with E-state index in [0.717, 1.165) is 37.8 Å². The molecule has 1 N–H and O–H groups in total. The summed E-state index contributed by atoms with van der Waals surface area (Å²) < 4.78 is 33.9. The summed E-state index contributed by atoms with van der Waals surface area (Å²) in [5, 5.41) is 11.8. The van der Waals surface area contributed by atoms with Gasteiger partial charge in [-0.1, -0.05) is 31.0 Å². The van der Waals surface area contributed by atoms with Crippen LogP contribution in [0.3, 0.4) is 0 Å². The van der Waals surface area contributed by atoms with Crippen molar-refractivity contribution >= 4 is 23.4 Å². The molecule has 6 nitrogen and oxygen atoms in total. The van der Waals surface area contributed by atoms with Crippen LogP contribution in [0.4, 0.5) is 14.5 Å². The number of nitrogens with one attached hydrogen (secondary N) is 1. The van der Waals surface area contributed by atoms with Gasteiger partial charge in [0.2, 0.25) is 11.7 Å². The fourth-order valence-corrected chi connectivity index (χ4v) is 4.32. The van der Waals surface area contributed by atoms with Crippen LogP contribution in [0.5, 0.6) is 0 Å². The highest BCUT2D eigenvalue weighted by Crippen LogP contribution is 2.35. The quantitative estimate of drug-likeness (QED) is 0.567. The van der Waals surface area contributed by atoms with Gasteiger partial charge in [0.15, 0.2) is 22.6 Å². The number of carbonyl (C=O) groups is 1.